The van der Waals surface area contributed by atoms with Gasteiger partial charge in [0.05, 0.1) is 18.2 Å². The molecule has 0 aliphatic rings. The van der Waals surface area contributed by atoms with Crippen molar-refractivity contribution < 1.29 is 14.4 Å². The van der Waals surface area contributed by atoms with Crippen LogP contribution in [0.1, 0.15) is 27.9 Å². The zero-order valence-electron chi connectivity index (χ0n) is 17.7. The van der Waals surface area contributed by atoms with Gasteiger partial charge >= 0.3 is 0 Å². The van der Waals surface area contributed by atoms with Crippen LogP contribution in [0.3, 0.4) is 0 Å². The summed E-state index contributed by atoms with van der Waals surface area (Å²) in [7, 11) is 1.50. The lowest BCUT2D eigenvalue weighted by Crippen LogP contribution is -2.22. The Balaban J connectivity index is 1.79. The molecular formula is C23H20N4O5. The number of nitriles is 1. The van der Waals surface area contributed by atoms with Gasteiger partial charge in [-0.15, -0.1) is 0 Å². The Hall–Kier alpha value is -4.45. The monoisotopic (exact) mass is 432 g/mol. The van der Waals surface area contributed by atoms with Crippen molar-refractivity contribution in [3.63, 3.8) is 0 Å². The summed E-state index contributed by atoms with van der Waals surface area (Å²) in [6.45, 7) is 3.65. The molecule has 0 bridgehead atoms. The molecule has 9 heteroatoms. The van der Waals surface area contributed by atoms with Crippen molar-refractivity contribution in [2.75, 3.05) is 7.11 Å². The Bertz CT molecular complexity index is 1290. The average molecular weight is 432 g/mol. The Morgan fingerprint density at radius 1 is 1.16 bits per heavy atom. The minimum Gasteiger partial charge on any atom is -0.493 e. The van der Waals surface area contributed by atoms with Gasteiger partial charge in [-0.25, -0.2) is 4.68 Å². The summed E-state index contributed by atoms with van der Waals surface area (Å²) in [4.78, 5) is 22.8. The van der Waals surface area contributed by atoms with Crippen LogP contribution in [0, 0.1) is 35.3 Å². The number of aromatic nitrogens is 1. The fourth-order valence-electron chi connectivity index (χ4n) is 3.04. The molecule has 9 nitrogen and oxygen atoms in total. The minimum absolute atomic E-state index is 0.0137. The van der Waals surface area contributed by atoms with Crippen LogP contribution in [-0.2, 0) is 6.61 Å². The third-order valence-electron chi connectivity index (χ3n) is 4.72. The standard InChI is InChI=1S/C23H20N4O5/c1-15-10-16(2)26(23(28)20(15)12-24)25-13-18-6-9-21(22(11-18)31-3)32-14-17-4-7-19(8-5-17)27(29)30/h4-11,13H,14H2,1-3H3/b25-13+. The fourth-order valence-corrected chi connectivity index (χ4v) is 3.04. The highest BCUT2D eigenvalue weighted by molar-refractivity contribution is 5.80. The summed E-state index contributed by atoms with van der Waals surface area (Å²) in [6.07, 6.45) is 1.49. The lowest BCUT2D eigenvalue weighted by atomic mass is 10.1. The van der Waals surface area contributed by atoms with Crippen molar-refractivity contribution in [1.82, 2.24) is 4.68 Å². The van der Waals surface area contributed by atoms with Crippen LogP contribution in [0.15, 0.2) is 58.4 Å². The van der Waals surface area contributed by atoms with E-state index in [-0.39, 0.29) is 17.9 Å². The quantitative estimate of drug-likeness (QED) is 0.319. The smallest absolute Gasteiger partial charge is 0.289 e. The van der Waals surface area contributed by atoms with Crippen LogP contribution in [-0.4, -0.2) is 22.9 Å². The van der Waals surface area contributed by atoms with Gasteiger partial charge in [0.2, 0.25) is 0 Å². The van der Waals surface area contributed by atoms with Crippen molar-refractivity contribution in [2.45, 2.75) is 20.5 Å². The zero-order chi connectivity index (χ0) is 23.3. The van der Waals surface area contributed by atoms with E-state index in [0.717, 1.165) is 5.56 Å². The number of non-ortho nitro benzene ring substituents is 1. The molecule has 0 unspecified atom stereocenters. The van der Waals surface area contributed by atoms with E-state index in [4.69, 9.17) is 9.47 Å². The molecule has 0 saturated carbocycles. The minimum atomic E-state index is -0.476. The molecule has 0 amide bonds. The van der Waals surface area contributed by atoms with Crippen molar-refractivity contribution in [2.24, 2.45) is 5.10 Å². The molecule has 0 radical (unpaired) electrons. The van der Waals surface area contributed by atoms with E-state index in [1.807, 2.05) is 6.07 Å². The second kappa shape index (κ2) is 9.57. The van der Waals surface area contributed by atoms with Gasteiger partial charge in [-0.2, -0.15) is 10.4 Å². The maximum Gasteiger partial charge on any atom is 0.289 e. The van der Waals surface area contributed by atoms with E-state index >= 15 is 0 Å². The maximum absolute atomic E-state index is 12.5. The molecule has 3 rings (SSSR count). The molecule has 0 atom stereocenters. The maximum atomic E-state index is 12.5. The van der Waals surface area contributed by atoms with Crippen LogP contribution in [0.25, 0.3) is 0 Å². The van der Waals surface area contributed by atoms with E-state index in [9.17, 15) is 20.2 Å². The van der Waals surface area contributed by atoms with Crippen LogP contribution in [0.2, 0.25) is 0 Å². The third kappa shape index (κ3) is 4.82. The predicted molar refractivity (Wildman–Crippen MR) is 118 cm³/mol. The van der Waals surface area contributed by atoms with Crippen LogP contribution >= 0.6 is 0 Å². The van der Waals surface area contributed by atoms with Gasteiger partial charge in [-0.05, 0) is 66.9 Å². The van der Waals surface area contributed by atoms with Crippen molar-refractivity contribution >= 4 is 11.9 Å². The molecule has 0 spiro atoms. The molecular weight excluding hydrogens is 412 g/mol. The van der Waals surface area contributed by atoms with Gasteiger partial charge in [-0.1, -0.05) is 0 Å². The lowest BCUT2D eigenvalue weighted by Gasteiger charge is -2.11. The van der Waals surface area contributed by atoms with Crippen molar-refractivity contribution in [1.29, 1.82) is 5.26 Å². The number of hydrogen-bond donors (Lipinski definition) is 0. The van der Waals surface area contributed by atoms with Crippen LogP contribution < -0.4 is 15.0 Å². The number of nitrogens with zero attached hydrogens (tertiary/aromatic N) is 4. The number of nitro groups is 1. The van der Waals surface area contributed by atoms with E-state index in [0.29, 0.717) is 28.3 Å². The number of aryl methyl sites for hydroxylation is 2. The lowest BCUT2D eigenvalue weighted by molar-refractivity contribution is -0.384. The highest BCUT2D eigenvalue weighted by Crippen LogP contribution is 2.28. The van der Waals surface area contributed by atoms with Gasteiger partial charge in [0.25, 0.3) is 11.2 Å². The summed E-state index contributed by atoms with van der Waals surface area (Å²) in [6, 6.07) is 14.9. The summed E-state index contributed by atoms with van der Waals surface area (Å²) < 4.78 is 12.4. The van der Waals surface area contributed by atoms with Gasteiger partial charge in [0.1, 0.15) is 18.2 Å². The summed E-state index contributed by atoms with van der Waals surface area (Å²) >= 11 is 0. The number of ether oxygens (including phenoxy) is 2. The predicted octanol–water partition coefficient (Wildman–Crippen LogP) is 3.71. The molecule has 2 aromatic carbocycles. The zero-order valence-corrected chi connectivity index (χ0v) is 17.7. The van der Waals surface area contributed by atoms with Gasteiger partial charge < -0.3 is 9.47 Å². The SMILES string of the molecule is COc1cc(/C=N/n2c(C)cc(C)c(C#N)c2=O)ccc1OCc1ccc([N+](=O)[O-])cc1. The van der Waals surface area contributed by atoms with Crippen LogP contribution in [0.4, 0.5) is 5.69 Å². The molecule has 0 aliphatic heterocycles. The molecule has 3 aromatic rings. The topological polar surface area (TPSA) is 120 Å². The summed E-state index contributed by atoms with van der Waals surface area (Å²) in [5, 5.41) is 24.2. The van der Waals surface area contributed by atoms with E-state index < -0.39 is 10.5 Å². The molecule has 0 N–H and O–H groups in total. The first-order valence-corrected chi connectivity index (χ1v) is 9.56. The number of hydrogen-bond acceptors (Lipinski definition) is 7. The third-order valence-corrected chi connectivity index (χ3v) is 4.72. The first-order chi connectivity index (χ1) is 15.3. The summed E-state index contributed by atoms with van der Waals surface area (Å²) in [5.41, 5.74) is 2.24. The molecule has 32 heavy (non-hydrogen) atoms. The largest absolute Gasteiger partial charge is 0.493 e. The normalized spacial score (nSPS) is 10.7. The van der Waals surface area contributed by atoms with Crippen molar-refractivity contribution in [3.8, 4) is 17.6 Å². The van der Waals surface area contributed by atoms with Gasteiger partial charge in [0, 0.05) is 17.8 Å². The Morgan fingerprint density at radius 2 is 1.88 bits per heavy atom. The Morgan fingerprint density at radius 3 is 2.50 bits per heavy atom. The molecule has 0 aliphatic carbocycles. The summed E-state index contributed by atoms with van der Waals surface area (Å²) in [5.74, 6) is 0.944. The van der Waals surface area contributed by atoms with Gasteiger partial charge in [-0.3, -0.25) is 14.9 Å². The Kier molecular flexibility index (Phi) is 6.65. The first kappa shape index (κ1) is 22.2. The molecule has 162 valence electrons. The molecule has 0 fully saturated rings. The second-order valence-corrected chi connectivity index (χ2v) is 6.94. The number of benzene rings is 2. The number of pyridine rings is 1. The van der Waals surface area contributed by atoms with Crippen molar-refractivity contribution in [3.05, 3.63) is 96.9 Å². The van der Waals surface area contributed by atoms with E-state index in [1.165, 1.54) is 30.1 Å². The highest BCUT2D eigenvalue weighted by atomic mass is 16.6. The average Bonchev–Trinajstić information content (AvgIpc) is 2.78. The molecule has 1 heterocycles. The van der Waals surface area contributed by atoms with Gasteiger partial charge in [0.15, 0.2) is 11.5 Å². The number of rotatable bonds is 7. The Labute approximate surface area is 183 Å². The molecule has 1 aromatic heterocycles. The number of methoxy groups -OCH3 is 1. The van der Waals surface area contributed by atoms with E-state index in [1.54, 1.807) is 50.2 Å². The second-order valence-electron chi connectivity index (χ2n) is 6.94. The fraction of sp³-hybridized carbons (Fsp3) is 0.174. The van der Waals surface area contributed by atoms with E-state index in [2.05, 4.69) is 5.10 Å². The number of nitro benzene ring substituents is 1. The molecule has 0 saturated heterocycles. The van der Waals surface area contributed by atoms with Crippen LogP contribution in [0.5, 0.6) is 11.5 Å². The highest BCUT2D eigenvalue weighted by Gasteiger charge is 2.10. The first-order valence-electron chi connectivity index (χ1n) is 9.56.